The number of anilines is 1. The first-order valence-electron chi connectivity index (χ1n) is 10.8. The van der Waals surface area contributed by atoms with Crippen molar-refractivity contribution in [2.45, 2.75) is 38.1 Å². The molecule has 2 heterocycles. The Morgan fingerprint density at radius 2 is 1.75 bits per heavy atom. The zero-order valence-electron chi connectivity index (χ0n) is 19.9. The van der Waals surface area contributed by atoms with Gasteiger partial charge in [-0.3, -0.25) is 19.2 Å². The fourth-order valence-electron chi connectivity index (χ4n) is 3.43. The number of ether oxygens (including phenoxy) is 2. The summed E-state index contributed by atoms with van der Waals surface area (Å²) in [6.45, 7) is -1.34. The van der Waals surface area contributed by atoms with Crippen LogP contribution in [0.5, 0.6) is 0 Å². The van der Waals surface area contributed by atoms with Gasteiger partial charge in [-0.2, -0.15) is 13.6 Å². The molecule has 0 spiro atoms. The Balaban J connectivity index is 1.64. The van der Waals surface area contributed by atoms with Gasteiger partial charge in [0.05, 0.1) is 36.4 Å². The molecule has 1 saturated heterocycles. The van der Waals surface area contributed by atoms with E-state index < -0.39 is 59.1 Å². The minimum absolute atomic E-state index is 0.158. The van der Waals surface area contributed by atoms with Gasteiger partial charge in [-0.15, -0.1) is 0 Å². The van der Waals surface area contributed by atoms with E-state index in [1.54, 1.807) is 6.07 Å². The number of hydrogen-bond donors (Lipinski definition) is 6. The van der Waals surface area contributed by atoms with Crippen molar-refractivity contribution < 1.29 is 65.9 Å². The number of aliphatic hydroxyl groups is 1. The van der Waals surface area contributed by atoms with Crippen LogP contribution in [0.2, 0.25) is 0 Å². The quantitative estimate of drug-likeness (QED) is 0.0991. The summed E-state index contributed by atoms with van der Waals surface area (Å²) in [5, 5.41) is 21.4. The number of benzene rings is 1. The average molecular weight is 632 g/mol. The van der Waals surface area contributed by atoms with Crippen molar-refractivity contribution in [3.05, 3.63) is 62.2 Å². The molecule has 2 unspecified atom stereocenters. The van der Waals surface area contributed by atoms with Gasteiger partial charge in [-0.1, -0.05) is 12.1 Å². The van der Waals surface area contributed by atoms with Crippen LogP contribution in [0, 0.1) is 10.1 Å². The number of nitrogen functional groups attached to an aromatic ring is 1. The highest BCUT2D eigenvalue weighted by atomic mass is 31.3. The molecule has 1 aromatic carbocycles. The second kappa shape index (κ2) is 12.6. The van der Waals surface area contributed by atoms with Gasteiger partial charge in [0.2, 0.25) is 0 Å². The molecular formula is C17H23N4O16P3. The average Bonchev–Trinajstić information content (AvgIpc) is 3.17. The van der Waals surface area contributed by atoms with Crippen LogP contribution < -0.4 is 11.4 Å². The third-order valence-electron chi connectivity index (χ3n) is 5.10. The van der Waals surface area contributed by atoms with Gasteiger partial charge in [0.25, 0.3) is 5.69 Å². The fraction of sp³-hybridized carbons (Fsp3) is 0.412. The van der Waals surface area contributed by atoms with Crippen molar-refractivity contribution in [1.82, 2.24) is 9.55 Å². The van der Waals surface area contributed by atoms with Crippen molar-refractivity contribution in [1.29, 1.82) is 0 Å². The number of aliphatic hydroxyl groups excluding tert-OH is 1. The Bertz CT molecular complexity index is 1450. The lowest BCUT2D eigenvalue weighted by atomic mass is 10.2. The van der Waals surface area contributed by atoms with Crippen molar-refractivity contribution in [3.63, 3.8) is 0 Å². The Morgan fingerprint density at radius 1 is 1.10 bits per heavy atom. The molecule has 0 amide bonds. The topological polar surface area (TPSA) is 303 Å². The van der Waals surface area contributed by atoms with Crippen LogP contribution in [0.25, 0.3) is 0 Å². The summed E-state index contributed by atoms with van der Waals surface area (Å²) in [6.07, 6.45) is -3.03. The van der Waals surface area contributed by atoms with Crippen LogP contribution >= 0.6 is 23.5 Å². The van der Waals surface area contributed by atoms with E-state index in [2.05, 4.69) is 18.1 Å². The number of nitro benzene ring substituents is 1. The summed E-state index contributed by atoms with van der Waals surface area (Å²) in [5.74, 6) is -0.202. The molecule has 40 heavy (non-hydrogen) atoms. The number of para-hydroxylation sites is 1. The molecule has 0 aliphatic carbocycles. The number of phosphoric acid groups is 3. The Morgan fingerprint density at radius 3 is 2.40 bits per heavy atom. The van der Waals surface area contributed by atoms with E-state index in [0.29, 0.717) is 0 Å². The van der Waals surface area contributed by atoms with Crippen LogP contribution in [0.1, 0.15) is 23.8 Å². The van der Waals surface area contributed by atoms with E-state index in [-0.39, 0.29) is 42.3 Å². The SMILES string of the molecule is Nc1nc(=O)n([C@H]2C[C@@H](O)[C@@H](COP(=O)(O)OP(=O)(O)OP(=O)(O)O)O2)cc1COCc1ccccc1[N+](=O)[O-]. The molecule has 0 radical (unpaired) electrons. The van der Waals surface area contributed by atoms with Gasteiger partial charge in [-0.25, -0.2) is 18.5 Å². The van der Waals surface area contributed by atoms with E-state index in [1.165, 1.54) is 24.4 Å². The highest BCUT2D eigenvalue weighted by Crippen LogP contribution is 2.66. The molecule has 2 aromatic rings. The first kappa shape index (κ1) is 32.1. The molecule has 222 valence electrons. The minimum atomic E-state index is -5.74. The lowest BCUT2D eigenvalue weighted by Gasteiger charge is -2.19. The maximum absolute atomic E-state index is 12.4. The first-order chi connectivity index (χ1) is 18.5. The fourth-order valence-corrected chi connectivity index (χ4v) is 6.46. The zero-order chi connectivity index (χ0) is 29.9. The maximum atomic E-state index is 12.4. The molecule has 1 aliphatic heterocycles. The molecule has 0 bridgehead atoms. The summed E-state index contributed by atoms with van der Waals surface area (Å²) in [5.41, 5.74) is 5.21. The molecule has 20 nitrogen and oxygen atoms in total. The largest absolute Gasteiger partial charge is 0.490 e. The van der Waals surface area contributed by atoms with Crippen molar-refractivity contribution in [2.24, 2.45) is 0 Å². The van der Waals surface area contributed by atoms with Crippen LogP contribution in [0.3, 0.4) is 0 Å². The molecule has 23 heteroatoms. The van der Waals surface area contributed by atoms with Crippen LogP contribution in [-0.2, 0) is 49.5 Å². The van der Waals surface area contributed by atoms with Gasteiger partial charge in [-0.05, 0) is 6.07 Å². The Hall–Kier alpha value is -2.41. The van der Waals surface area contributed by atoms with Gasteiger partial charge in [0.15, 0.2) is 0 Å². The highest BCUT2D eigenvalue weighted by molar-refractivity contribution is 7.66. The standard InChI is InChI=1S/C17H23N4O16P3/c18-16-11(8-33-7-10-3-1-2-4-12(10)21(24)25)6-20(17(23)19-16)15-5-13(22)14(35-15)9-34-39(29,30)37-40(31,32)36-38(26,27)28/h1-4,6,13-15,22H,5,7-9H2,(H,29,30)(H,31,32)(H2,18,19,23)(H2,26,27,28)/t13-,14-,15-/m1/s1. The van der Waals surface area contributed by atoms with Crippen molar-refractivity contribution >= 4 is 35.0 Å². The van der Waals surface area contributed by atoms with Gasteiger partial charge in [0, 0.05) is 24.2 Å². The number of phosphoric ester groups is 1. The highest BCUT2D eigenvalue weighted by Gasteiger charge is 2.43. The number of nitrogens with zero attached hydrogens (tertiary/aromatic N) is 3. The summed E-state index contributed by atoms with van der Waals surface area (Å²) in [6, 6.07) is 5.88. The number of rotatable bonds is 13. The molecule has 3 rings (SSSR count). The lowest BCUT2D eigenvalue weighted by Crippen LogP contribution is -2.29. The third-order valence-corrected chi connectivity index (χ3v) is 8.90. The Kier molecular flexibility index (Phi) is 10.1. The van der Waals surface area contributed by atoms with E-state index in [9.17, 15) is 43.5 Å². The first-order valence-corrected chi connectivity index (χ1v) is 15.3. The summed E-state index contributed by atoms with van der Waals surface area (Å²) < 4.78 is 57.6. The normalized spacial score (nSPS) is 22.5. The van der Waals surface area contributed by atoms with Crippen molar-refractivity contribution in [3.8, 4) is 0 Å². The van der Waals surface area contributed by atoms with Gasteiger partial charge >= 0.3 is 29.2 Å². The number of hydrogen-bond acceptors (Lipinski definition) is 14. The molecule has 0 saturated carbocycles. The maximum Gasteiger partial charge on any atom is 0.490 e. The van der Waals surface area contributed by atoms with Gasteiger partial charge in [0.1, 0.15) is 18.1 Å². The third kappa shape index (κ3) is 9.05. The molecular weight excluding hydrogens is 609 g/mol. The second-order valence-corrected chi connectivity index (χ2v) is 12.5. The summed E-state index contributed by atoms with van der Waals surface area (Å²) >= 11 is 0. The van der Waals surface area contributed by atoms with Crippen LogP contribution in [0.4, 0.5) is 11.5 Å². The van der Waals surface area contributed by atoms with Crippen LogP contribution in [-0.4, -0.2) is 58.0 Å². The van der Waals surface area contributed by atoms with Crippen LogP contribution in [0.15, 0.2) is 35.3 Å². The number of nitrogens with two attached hydrogens (primary N) is 1. The van der Waals surface area contributed by atoms with E-state index in [0.717, 1.165) is 4.57 Å². The molecule has 1 fully saturated rings. The van der Waals surface area contributed by atoms with E-state index in [1.807, 2.05) is 0 Å². The lowest BCUT2D eigenvalue weighted by molar-refractivity contribution is -0.386. The predicted molar refractivity (Wildman–Crippen MR) is 129 cm³/mol. The number of nitro groups is 1. The Labute approximate surface area is 223 Å². The van der Waals surface area contributed by atoms with Crippen molar-refractivity contribution in [2.75, 3.05) is 12.3 Å². The zero-order valence-corrected chi connectivity index (χ0v) is 22.6. The summed E-state index contributed by atoms with van der Waals surface area (Å²) in [4.78, 5) is 62.5. The van der Waals surface area contributed by atoms with Gasteiger partial charge < -0.3 is 39.9 Å². The smallest absolute Gasteiger partial charge is 0.390 e. The second-order valence-electron chi connectivity index (χ2n) is 8.04. The predicted octanol–water partition coefficient (Wildman–Crippen LogP) is 0.442. The monoisotopic (exact) mass is 632 g/mol. The van der Waals surface area contributed by atoms with E-state index >= 15 is 0 Å². The molecule has 1 aliphatic rings. The summed E-state index contributed by atoms with van der Waals surface area (Å²) in [7, 11) is -16.8. The molecule has 7 N–H and O–H groups in total. The minimum Gasteiger partial charge on any atom is -0.390 e. The number of aromatic nitrogens is 2. The molecule has 5 atom stereocenters. The van der Waals surface area contributed by atoms with E-state index in [4.69, 9.17) is 25.0 Å². The molecule has 1 aromatic heterocycles.